The zero-order chi connectivity index (χ0) is 21.0. The van der Waals surface area contributed by atoms with Crippen molar-refractivity contribution >= 4 is 22.9 Å². The monoisotopic (exact) mass is 399 g/mol. The molecule has 0 spiro atoms. The Morgan fingerprint density at radius 2 is 1.86 bits per heavy atom. The standard InChI is InChI=1S/C21H22FN3O4/c1-12-16-11-14(22)7-8-18(16)29-19(12)13(2)25-21(28)24-10-9-23-20(27)15-5-3-4-6-17(15)26/h3-8,11,13,26H,9-10H2,1-2H3,(H,23,27)(H2,24,25,28). The lowest BCUT2D eigenvalue weighted by Crippen LogP contribution is -2.41. The average Bonchev–Trinajstić information content (AvgIpc) is 3.01. The third kappa shape index (κ3) is 4.66. The fourth-order valence-electron chi connectivity index (χ4n) is 3.05. The van der Waals surface area contributed by atoms with Crippen LogP contribution in [0.5, 0.6) is 5.75 Å². The van der Waals surface area contributed by atoms with Gasteiger partial charge in [-0.1, -0.05) is 12.1 Å². The Labute approximate surface area is 166 Å². The van der Waals surface area contributed by atoms with E-state index in [1.54, 1.807) is 25.1 Å². The molecule has 1 atom stereocenters. The summed E-state index contributed by atoms with van der Waals surface area (Å²) in [7, 11) is 0. The largest absolute Gasteiger partial charge is 0.507 e. The summed E-state index contributed by atoms with van der Waals surface area (Å²) < 4.78 is 19.2. The number of carbonyl (C=O) groups excluding carboxylic acids is 2. The number of hydrogen-bond donors (Lipinski definition) is 4. The van der Waals surface area contributed by atoms with Crippen LogP contribution >= 0.6 is 0 Å². The number of urea groups is 1. The van der Waals surface area contributed by atoms with E-state index in [0.29, 0.717) is 16.7 Å². The number of rotatable bonds is 6. The Bertz CT molecular complexity index is 1050. The van der Waals surface area contributed by atoms with Gasteiger partial charge in [-0.3, -0.25) is 4.79 Å². The van der Waals surface area contributed by atoms with Gasteiger partial charge in [-0.15, -0.1) is 0 Å². The van der Waals surface area contributed by atoms with E-state index in [4.69, 9.17) is 4.42 Å². The van der Waals surface area contributed by atoms with Crippen molar-refractivity contribution in [3.63, 3.8) is 0 Å². The number of phenols is 1. The van der Waals surface area contributed by atoms with E-state index < -0.39 is 18.0 Å². The minimum Gasteiger partial charge on any atom is -0.507 e. The van der Waals surface area contributed by atoms with Crippen molar-refractivity contribution in [2.45, 2.75) is 19.9 Å². The van der Waals surface area contributed by atoms with Crippen LogP contribution in [0.25, 0.3) is 11.0 Å². The van der Waals surface area contributed by atoms with Gasteiger partial charge in [-0.2, -0.15) is 0 Å². The van der Waals surface area contributed by atoms with Gasteiger partial charge in [-0.05, 0) is 44.2 Å². The SMILES string of the molecule is Cc1c(C(C)NC(=O)NCCNC(=O)c2ccccc2O)oc2ccc(F)cc12. The molecule has 3 amide bonds. The highest BCUT2D eigenvalue weighted by Gasteiger charge is 2.18. The minimum atomic E-state index is -0.430. The molecular weight excluding hydrogens is 377 g/mol. The smallest absolute Gasteiger partial charge is 0.315 e. The molecule has 4 N–H and O–H groups in total. The molecule has 8 heteroatoms. The number of hydrogen-bond acceptors (Lipinski definition) is 4. The Kier molecular flexibility index (Phi) is 6.01. The summed E-state index contributed by atoms with van der Waals surface area (Å²) in [5.74, 6) is -0.333. The highest BCUT2D eigenvalue weighted by Crippen LogP contribution is 2.29. The van der Waals surface area contributed by atoms with Gasteiger partial charge in [0.1, 0.15) is 22.9 Å². The van der Waals surface area contributed by atoms with Gasteiger partial charge in [0.2, 0.25) is 0 Å². The van der Waals surface area contributed by atoms with E-state index in [0.717, 1.165) is 5.56 Å². The number of para-hydroxylation sites is 1. The van der Waals surface area contributed by atoms with Gasteiger partial charge < -0.3 is 25.5 Å². The van der Waals surface area contributed by atoms with E-state index in [2.05, 4.69) is 16.0 Å². The average molecular weight is 399 g/mol. The zero-order valence-corrected chi connectivity index (χ0v) is 16.1. The van der Waals surface area contributed by atoms with Crippen molar-refractivity contribution in [3.05, 3.63) is 65.2 Å². The molecule has 0 aliphatic rings. The van der Waals surface area contributed by atoms with Crippen LogP contribution in [0.2, 0.25) is 0 Å². The van der Waals surface area contributed by atoms with Crippen LogP contribution in [-0.4, -0.2) is 30.1 Å². The van der Waals surface area contributed by atoms with Crippen molar-refractivity contribution < 1.29 is 23.5 Å². The number of amides is 3. The first-order chi connectivity index (χ1) is 13.9. The predicted molar refractivity (Wildman–Crippen MR) is 106 cm³/mol. The summed E-state index contributed by atoms with van der Waals surface area (Å²) >= 11 is 0. The second-order valence-corrected chi connectivity index (χ2v) is 6.63. The van der Waals surface area contributed by atoms with Crippen LogP contribution in [0, 0.1) is 12.7 Å². The number of carbonyl (C=O) groups is 2. The molecule has 0 radical (unpaired) electrons. The number of benzene rings is 2. The topological polar surface area (TPSA) is 104 Å². The van der Waals surface area contributed by atoms with Crippen molar-refractivity contribution in [1.29, 1.82) is 0 Å². The number of nitrogens with one attached hydrogen (secondary N) is 3. The molecule has 3 rings (SSSR count). The fraction of sp³-hybridized carbons (Fsp3) is 0.238. The first-order valence-electron chi connectivity index (χ1n) is 9.16. The fourth-order valence-corrected chi connectivity index (χ4v) is 3.05. The first-order valence-corrected chi connectivity index (χ1v) is 9.16. The molecule has 29 heavy (non-hydrogen) atoms. The highest BCUT2D eigenvalue weighted by atomic mass is 19.1. The number of aryl methyl sites for hydroxylation is 1. The quantitative estimate of drug-likeness (QED) is 0.477. The predicted octanol–water partition coefficient (Wildman–Crippen LogP) is 3.38. The molecule has 3 aromatic rings. The van der Waals surface area contributed by atoms with Gasteiger partial charge >= 0.3 is 6.03 Å². The van der Waals surface area contributed by atoms with Crippen LogP contribution in [-0.2, 0) is 0 Å². The molecule has 2 aromatic carbocycles. The third-order valence-electron chi connectivity index (χ3n) is 4.52. The van der Waals surface area contributed by atoms with Crippen molar-refractivity contribution in [2.24, 2.45) is 0 Å². The van der Waals surface area contributed by atoms with E-state index in [1.807, 2.05) is 6.92 Å². The molecule has 1 aromatic heterocycles. The Hall–Kier alpha value is -3.55. The lowest BCUT2D eigenvalue weighted by atomic mass is 10.1. The van der Waals surface area contributed by atoms with Gasteiger partial charge in [0.15, 0.2) is 0 Å². The summed E-state index contributed by atoms with van der Waals surface area (Å²) in [5, 5.41) is 18.3. The molecule has 1 heterocycles. The van der Waals surface area contributed by atoms with Crippen molar-refractivity contribution in [2.75, 3.05) is 13.1 Å². The molecule has 0 bridgehead atoms. The molecule has 0 saturated heterocycles. The summed E-state index contributed by atoms with van der Waals surface area (Å²) in [6, 6.07) is 9.63. The Balaban J connectivity index is 1.49. The number of aromatic hydroxyl groups is 1. The lowest BCUT2D eigenvalue weighted by Gasteiger charge is -2.14. The van der Waals surface area contributed by atoms with Crippen molar-refractivity contribution in [3.8, 4) is 5.75 Å². The maximum Gasteiger partial charge on any atom is 0.315 e. The van der Waals surface area contributed by atoms with Crippen LogP contribution in [0.15, 0.2) is 46.9 Å². The first kappa shape index (κ1) is 20.2. The Morgan fingerprint density at radius 3 is 2.62 bits per heavy atom. The highest BCUT2D eigenvalue weighted by molar-refractivity contribution is 5.96. The van der Waals surface area contributed by atoms with Crippen LogP contribution < -0.4 is 16.0 Å². The van der Waals surface area contributed by atoms with Gasteiger partial charge in [-0.25, -0.2) is 9.18 Å². The van der Waals surface area contributed by atoms with Gasteiger partial charge in [0.25, 0.3) is 5.91 Å². The zero-order valence-electron chi connectivity index (χ0n) is 16.1. The maximum absolute atomic E-state index is 13.4. The van der Waals surface area contributed by atoms with Gasteiger partial charge in [0, 0.05) is 24.0 Å². The summed E-state index contributed by atoms with van der Waals surface area (Å²) in [6.07, 6.45) is 0. The summed E-state index contributed by atoms with van der Waals surface area (Å²) in [4.78, 5) is 24.1. The molecule has 1 unspecified atom stereocenters. The molecule has 152 valence electrons. The molecule has 0 saturated carbocycles. The molecule has 7 nitrogen and oxygen atoms in total. The third-order valence-corrected chi connectivity index (χ3v) is 4.52. The van der Waals surface area contributed by atoms with E-state index in [1.165, 1.54) is 24.3 Å². The second kappa shape index (κ2) is 8.64. The molecule has 0 aliphatic heterocycles. The number of phenolic OH excluding ortho intramolecular Hbond substituents is 1. The van der Waals surface area contributed by atoms with Crippen LogP contribution in [0.1, 0.15) is 34.6 Å². The van der Waals surface area contributed by atoms with Crippen molar-refractivity contribution in [1.82, 2.24) is 16.0 Å². The number of halogens is 1. The number of furan rings is 1. The van der Waals surface area contributed by atoms with Gasteiger partial charge in [0.05, 0.1) is 11.6 Å². The van der Waals surface area contributed by atoms with E-state index >= 15 is 0 Å². The van der Waals surface area contributed by atoms with Crippen LogP contribution in [0.4, 0.5) is 9.18 Å². The van der Waals surface area contributed by atoms with E-state index in [-0.39, 0.29) is 30.2 Å². The van der Waals surface area contributed by atoms with E-state index in [9.17, 15) is 19.1 Å². The van der Waals surface area contributed by atoms with Crippen LogP contribution in [0.3, 0.4) is 0 Å². The Morgan fingerprint density at radius 1 is 1.14 bits per heavy atom. The molecule has 0 fully saturated rings. The number of fused-ring (bicyclic) bond motifs is 1. The second-order valence-electron chi connectivity index (χ2n) is 6.63. The molecular formula is C21H22FN3O4. The lowest BCUT2D eigenvalue weighted by molar-refractivity contribution is 0.0951. The minimum absolute atomic E-state index is 0.106. The maximum atomic E-state index is 13.4. The summed E-state index contributed by atoms with van der Waals surface area (Å²) in [6.45, 7) is 3.96. The normalized spacial score (nSPS) is 11.8. The molecule has 0 aliphatic carbocycles. The summed E-state index contributed by atoms with van der Waals surface area (Å²) in [5.41, 5.74) is 1.49.